The van der Waals surface area contributed by atoms with Gasteiger partial charge in [0.1, 0.15) is 11.5 Å². The second kappa shape index (κ2) is 14.2. The van der Waals surface area contributed by atoms with E-state index in [9.17, 15) is 19.5 Å². The first-order chi connectivity index (χ1) is 20.5. The van der Waals surface area contributed by atoms with Gasteiger partial charge >= 0.3 is 0 Å². The normalized spacial score (nSPS) is 19.6. The van der Waals surface area contributed by atoms with E-state index in [0.29, 0.717) is 76.1 Å². The van der Waals surface area contributed by atoms with Gasteiger partial charge in [-0.2, -0.15) is 0 Å². The van der Waals surface area contributed by atoms with Crippen molar-refractivity contribution < 1.29 is 23.9 Å². The van der Waals surface area contributed by atoms with Crippen LogP contribution in [-0.2, 0) is 22.6 Å². The highest BCUT2D eigenvalue weighted by Gasteiger charge is 2.29. The molecule has 3 amide bonds. The van der Waals surface area contributed by atoms with Gasteiger partial charge in [-0.25, -0.2) is 0 Å². The lowest BCUT2D eigenvalue weighted by molar-refractivity contribution is -0.138. The molecule has 9 heteroatoms. The summed E-state index contributed by atoms with van der Waals surface area (Å²) in [4.78, 5) is 43.4. The number of hydrogen-bond acceptors (Lipinski definition) is 6. The van der Waals surface area contributed by atoms with Gasteiger partial charge in [-0.15, -0.1) is 0 Å². The summed E-state index contributed by atoms with van der Waals surface area (Å²) in [6.45, 7) is 4.20. The molecule has 3 aromatic rings. The quantitative estimate of drug-likeness (QED) is 0.438. The largest absolute Gasteiger partial charge is 0.507 e. The fourth-order valence-electron chi connectivity index (χ4n) is 5.85. The van der Waals surface area contributed by atoms with E-state index in [1.165, 1.54) is 0 Å². The molecule has 2 aromatic carbocycles. The zero-order chi connectivity index (χ0) is 29.3. The van der Waals surface area contributed by atoms with Gasteiger partial charge in [-0.1, -0.05) is 18.2 Å². The third kappa shape index (κ3) is 7.79. The standard InChI is InChI=1S/C33H40N4O5/c38-30-12-11-24-13-15-34-31(39)10-3-17-37(33(41)27-8-2-16-36(22-27)23-28-9-4-19-42-28)18-5-14-35-32(40)26-7-1-6-25(21-26)29(30)20-24/h1,4,6-7,9,11-12,19-21,27,38H,2-3,5,8,10,13-18,22-23H2,(H,34,39)(H,35,40). The highest BCUT2D eigenvalue weighted by molar-refractivity contribution is 5.95. The number of phenols is 1. The van der Waals surface area contributed by atoms with Gasteiger partial charge < -0.3 is 25.1 Å². The number of furan rings is 1. The van der Waals surface area contributed by atoms with Crippen molar-refractivity contribution in [2.45, 2.75) is 45.1 Å². The number of phenolic OH excluding ortho intramolecular Hbond substituents is 1. The van der Waals surface area contributed by atoms with Crippen LogP contribution in [0.15, 0.2) is 65.3 Å². The van der Waals surface area contributed by atoms with Crippen LogP contribution >= 0.6 is 0 Å². The summed E-state index contributed by atoms with van der Waals surface area (Å²) < 4.78 is 5.51. The zero-order valence-electron chi connectivity index (χ0n) is 24.0. The molecule has 0 aliphatic carbocycles. The van der Waals surface area contributed by atoms with E-state index in [2.05, 4.69) is 15.5 Å². The molecule has 3 N–H and O–H groups in total. The Morgan fingerprint density at radius 2 is 1.76 bits per heavy atom. The number of nitrogens with one attached hydrogen (secondary N) is 2. The van der Waals surface area contributed by atoms with Crippen molar-refractivity contribution in [3.8, 4) is 16.9 Å². The van der Waals surface area contributed by atoms with Crippen LogP contribution in [0, 0.1) is 5.92 Å². The number of nitrogens with zero attached hydrogens (tertiary/aromatic N) is 2. The van der Waals surface area contributed by atoms with Crippen molar-refractivity contribution in [3.63, 3.8) is 0 Å². The summed E-state index contributed by atoms with van der Waals surface area (Å²) in [6, 6.07) is 16.4. The summed E-state index contributed by atoms with van der Waals surface area (Å²) in [5.74, 6) is 0.807. The highest BCUT2D eigenvalue weighted by atomic mass is 16.3. The van der Waals surface area contributed by atoms with E-state index in [1.807, 2.05) is 35.2 Å². The molecule has 1 fully saturated rings. The van der Waals surface area contributed by atoms with Crippen molar-refractivity contribution in [2.24, 2.45) is 5.92 Å². The maximum atomic E-state index is 13.7. The van der Waals surface area contributed by atoms with E-state index >= 15 is 0 Å². The fourth-order valence-corrected chi connectivity index (χ4v) is 5.85. The van der Waals surface area contributed by atoms with Gasteiger partial charge in [0.2, 0.25) is 11.8 Å². The minimum Gasteiger partial charge on any atom is -0.507 e. The number of benzene rings is 2. The first-order valence-electron chi connectivity index (χ1n) is 15.0. The number of fused-ring (bicyclic) bond motifs is 5. The summed E-state index contributed by atoms with van der Waals surface area (Å²) in [5.41, 5.74) is 2.87. The average Bonchev–Trinajstić information content (AvgIpc) is 3.51. The van der Waals surface area contributed by atoms with Crippen LogP contribution < -0.4 is 10.6 Å². The van der Waals surface area contributed by atoms with Crippen LogP contribution in [0.25, 0.3) is 11.1 Å². The molecule has 1 atom stereocenters. The Morgan fingerprint density at radius 3 is 2.62 bits per heavy atom. The smallest absolute Gasteiger partial charge is 0.251 e. The average molecular weight is 573 g/mol. The van der Waals surface area contributed by atoms with Crippen LogP contribution in [0.4, 0.5) is 0 Å². The third-order valence-corrected chi connectivity index (χ3v) is 8.08. The summed E-state index contributed by atoms with van der Waals surface area (Å²) in [5, 5.41) is 16.5. The van der Waals surface area contributed by atoms with Crippen LogP contribution in [0.3, 0.4) is 0 Å². The van der Waals surface area contributed by atoms with Crippen molar-refractivity contribution in [2.75, 3.05) is 39.3 Å². The molecule has 2 aliphatic heterocycles. The van der Waals surface area contributed by atoms with E-state index in [0.717, 1.165) is 36.3 Å². The molecule has 9 nitrogen and oxygen atoms in total. The predicted molar refractivity (Wildman–Crippen MR) is 160 cm³/mol. The molecule has 5 rings (SSSR count). The summed E-state index contributed by atoms with van der Waals surface area (Å²) >= 11 is 0. The molecule has 0 saturated carbocycles. The number of rotatable bonds is 3. The molecular formula is C33H40N4O5. The molecule has 42 heavy (non-hydrogen) atoms. The SMILES string of the molecule is O=C1CCCN(C(=O)C2CCCN(Cc3ccco3)C2)CCCNC(=O)c2cccc(c2)-c2cc(ccc2O)CCN1. The Kier molecular flexibility index (Phi) is 9.92. The number of aromatic hydroxyl groups is 1. The molecule has 0 spiro atoms. The Bertz CT molecular complexity index is 1370. The molecule has 1 unspecified atom stereocenters. The third-order valence-electron chi connectivity index (χ3n) is 8.08. The minimum absolute atomic E-state index is 0.0402. The van der Waals surface area contributed by atoms with Gasteiger partial charge in [-0.05, 0) is 86.2 Å². The Hall–Kier alpha value is -4.11. The lowest BCUT2D eigenvalue weighted by Crippen LogP contribution is -2.45. The van der Waals surface area contributed by atoms with E-state index in [4.69, 9.17) is 4.42 Å². The second-order valence-corrected chi connectivity index (χ2v) is 11.2. The maximum absolute atomic E-state index is 13.7. The van der Waals surface area contributed by atoms with Crippen molar-refractivity contribution >= 4 is 17.7 Å². The van der Waals surface area contributed by atoms with E-state index in [1.54, 1.807) is 30.5 Å². The monoisotopic (exact) mass is 572 g/mol. The molecule has 1 saturated heterocycles. The van der Waals surface area contributed by atoms with Gasteiger partial charge in [0.25, 0.3) is 5.91 Å². The molecule has 1 aromatic heterocycles. The molecular weight excluding hydrogens is 532 g/mol. The lowest BCUT2D eigenvalue weighted by Gasteiger charge is -2.34. The first-order valence-corrected chi connectivity index (χ1v) is 15.0. The van der Waals surface area contributed by atoms with Crippen LogP contribution in [0.2, 0.25) is 0 Å². The fraction of sp³-hybridized carbons (Fsp3) is 0.424. The number of likely N-dealkylation sites (tertiary alicyclic amines) is 1. The van der Waals surface area contributed by atoms with Crippen LogP contribution in [0.5, 0.6) is 5.75 Å². The van der Waals surface area contributed by atoms with Crippen LogP contribution in [-0.4, -0.2) is 71.9 Å². The number of hydrogen-bond donors (Lipinski definition) is 3. The molecule has 0 radical (unpaired) electrons. The minimum atomic E-state index is -0.195. The van der Waals surface area contributed by atoms with Crippen molar-refractivity contribution in [1.29, 1.82) is 0 Å². The second-order valence-electron chi connectivity index (χ2n) is 11.2. The molecule has 222 valence electrons. The lowest BCUT2D eigenvalue weighted by atomic mass is 9.96. The van der Waals surface area contributed by atoms with E-state index < -0.39 is 0 Å². The van der Waals surface area contributed by atoms with Gasteiger partial charge in [0, 0.05) is 50.3 Å². The van der Waals surface area contributed by atoms with Crippen molar-refractivity contribution in [1.82, 2.24) is 20.4 Å². The molecule has 4 bridgehead atoms. The van der Waals surface area contributed by atoms with Crippen molar-refractivity contribution in [3.05, 3.63) is 77.7 Å². The van der Waals surface area contributed by atoms with E-state index in [-0.39, 0.29) is 29.4 Å². The predicted octanol–water partition coefficient (Wildman–Crippen LogP) is 3.97. The Balaban J connectivity index is 1.27. The topological polar surface area (TPSA) is 115 Å². The maximum Gasteiger partial charge on any atom is 0.251 e. The Labute approximate surface area is 246 Å². The zero-order valence-corrected chi connectivity index (χ0v) is 24.0. The molecule has 2 aliphatic rings. The summed E-state index contributed by atoms with van der Waals surface area (Å²) in [7, 11) is 0. The molecule has 3 heterocycles. The number of piperidine rings is 1. The number of carbonyl (C=O) groups excluding carboxylic acids is 3. The van der Waals surface area contributed by atoms with Crippen LogP contribution in [0.1, 0.15) is 53.8 Å². The number of amides is 3. The highest BCUT2D eigenvalue weighted by Crippen LogP contribution is 2.31. The van der Waals surface area contributed by atoms with Gasteiger partial charge in [0.15, 0.2) is 0 Å². The van der Waals surface area contributed by atoms with Gasteiger partial charge in [-0.3, -0.25) is 19.3 Å². The number of carbonyl (C=O) groups is 3. The van der Waals surface area contributed by atoms with Gasteiger partial charge in [0.05, 0.1) is 18.7 Å². The first kappa shape index (κ1) is 29.4. The Morgan fingerprint density at radius 1 is 0.905 bits per heavy atom. The summed E-state index contributed by atoms with van der Waals surface area (Å²) in [6.07, 6.45) is 5.58.